The Morgan fingerprint density at radius 3 is 2.59 bits per heavy atom. The maximum Gasteiger partial charge on any atom is 0.333 e. The van der Waals surface area contributed by atoms with Crippen molar-refractivity contribution in [1.29, 1.82) is 0 Å². The molecular formula is C19H32N4O4. The molecule has 0 aliphatic heterocycles. The summed E-state index contributed by atoms with van der Waals surface area (Å²) in [4.78, 5) is 26.6. The molecule has 1 rings (SSSR count). The third-order valence-corrected chi connectivity index (χ3v) is 4.48. The van der Waals surface area contributed by atoms with Crippen molar-refractivity contribution in [2.75, 3.05) is 13.2 Å². The monoisotopic (exact) mass is 380 g/mol. The number of hydrogen-bond donors (Lipinski definition) is 1. The van der Waals surface area contributed by atoms with Gasteiger partial charge in [0.25, 0.3) is 0 Å². The molecule has 0 saturated heterocycles. The summed E-state index contributed by atoms with van der Waals surface area (Å²) in [5, 5.41) is 6.58. The second-order valence-corrected chi connectivity index (χ2v) is 6.72. The van der Waals surface area contributed by atoms with Gasteiger partial charge in [0.15, 0.2) is 0 Å². The van der Waals surface area contributed by atoms with Gasteiger partial charge in [-0.25, -0.2) is 4.79 Å². The fraction of sp³-hybridized carbons (Fsp3) is 0.789. The Morgan fingerprint density at radius 2 is 1.96 bits per heavy atom. The molecule has 0 fully saturated rings. The SMILES string of the molecule is CCCCCCCCO[C@@H]1C=C(C(=O)OCC)C[C@H](N=[N+]=[N-])[C@H]1NC(C)=O. The third-order valence-electron chi connectivity index (χ3n) is 4.48. The maximum atomic E-state index is 12.1. The van der Waals surface area contributed by atoms with E-state index < -0.39 is 24.2 Å². The third kappa shape index (κ3) is 8.45. The lowest BCUT2D eigenvalue weighted by atomic mass is 9.88. The Kier molecular flexibility index (Phi) is 11.2. The Bertz CT molecular complexity index is 558. The van der Waals surface area contributed by atoms with Crippen LogP contribution in [0.4, 0.5) is 0 Å². The van der Waals surface area contributed by atoms with Crippen molar-refractivity contribution < 1.29 is 19.1 Å². The van der Waals surface area contributed by atoms with Gasteiger partial charge in [-0.05, 0) is 31.4 Å². The highest BCUT2D eigenvalue weighted by Gasteiger charge is 2.36. The van der Waals surface area contributed by atoms with E-state index in [9.17, 15) is 9.59 Å². The Hall–Kier alpha value is -2.05. The molecule has 1 N–H and O–H groups in total. The van der Waals surface area contributed by atoms with Gasteiger partial charge in [-0.1, -0.05) is 44.1 Å². The molecule has 0 radical (unpaired) electrons. The number of unbranched alkanes of at least 4 members (excludes halogenated alkanes) is 5. The summed E-state index contributed by atoms with van der Waals surface area (Å²) in [6.45, 7) is 6.10. The van der Waals surface area contributed by atoms with Crippen LogP contribution in [0.5, 0.6) is 0 Å². The Balaban J connectivity index is 2.79. The average Bonchev–Trinajstić information content (AvgIpc) is 2.63. The van der Waals surface area contributed by atoms with Crippen LogP contribution in [0.25, 0.3) is 10.4 Å². The number of ether oxygens (including phenoxy) is 2. The molecule has 0 heterocycles. The summed E-state index contributed by atoms with van der Waals surface area (Å²) < 4.78 is 11.0. The molecule has 1 amide bonds. The molecule has 8 heteroatoms. The van der Waals surface area contributed by atoms with Crippen molar-refractivity contribution in [2.45, 2.75) is 83.9 Å². The number of esters is 1. The number of hydrogen-bond acceptors (Lipinski definition) is 5. The van der Waals surface area contributed by atoms with Gasteiger partial charge in [0.1, 0.15) is 0 Å². The van der Waals surface area contributed by atoms with Crippen LogP contribution < -0.4 is 5.32 Å². The van der Waals surface area contributed by atoms with Crippen LogP contribution in [0.3, 0.4) is 0 Å². The van der Waals surface area contributed by atoms with Crippen molar-refractivity contribution >= 4 is 11.9 Å². The zero-order chi connectivity index (χ0) is 20.1. The fourth-order valence-corrected chi connectivity index (χ4v) is 3.16. The van der Waals surface area contributed by atoms with Crippen LogP contribution in [0.2, 0.25) is 0 Å². The van der Waals surface area contributed by atoms with E-state index >= 15 is 0 Å². The molecule has 1 aliphatic carbocycles. The summed E-state index contributed by atoms with van der Waals surface area (Å²) in [6.07, 6.45) is 8.19. The maximum absolute atomic E-state index is 12.1. The van der Waals surface area contributed by atoms with E-state index in [1.807, 2.05) is 0 Å². The van der Waals surface area contributed by atoms with E-state index in [1.165, 1.54) is 32.6 Å². The van der Waals surface area contributed by atoms with E-state index in [-0.39, 0.29) is 18.9 Å². The first-order valence-electron chi connectivity index (χ1n) is 9.84. The van der Waals surface area contributed by atoms with E-state index in [2.05, 4.69) is 22.3 Å². The van der Waals surface area contributed by atoms with Gasteiger partial charge in [0.2, 0.25) is 5.91 Å². The number of carbonyl (C=O) groups excluding carboxylic acids is 2. The van der Waals surface area contributed by atoms with E-state index in [4.69, 9.17) is 15.0 Å². The van der Waals surface area contributed by atoms with Crippen LogP contribution in [0.1, 0.15) is 65.7 Å². The highest BCUT2D eigenvalue weighted by atomic mass is 16.5. The molecule has 152 valence electrons. The molecule has 0 aromatic heterocycles. The van der Waals surface area contributed by atoms with Crippen molar-refractivity contribution in [2.24, 2.45) is 5.11 Å². The van der Waals surface area contributed by atoms with Crippen molar-refractivity contribution in [3.05, 3.63) is 22.1 Å². The van der Waals surface area contributed by atoms with Crippen LogP contribution >= 0.6 is 0 Å². The minimum Gasteiger partial charge on any atom is -0.463 e. The highest BCUT2D eigenvalue weighted by molar-refractivity contribution is 5.89. The van der Waals surface area contributed by atoms with Gasteiger partial charge in [-0.2, -0.15) is 0 Å². The number of amides is 1. The van der Waals surface area contributed by atoms with E-state index in [1.54, 1.807) is 13.0 Å². The Labute approximate surface area is 161 Å². The first kappa shape index (κ1) is 23.0. The number of carbonyl (C=O) groups is 2. The molecule has 27 heavy (non-hydrogen) atoms. The minimum absolute atomic E-state index is 0.213. The summed E-state index contributed by atoms with van der Waals surface area (Å²) in [7, 11) is 0. The lowest BCUT2D eigenvalue weighted by Crippen LogP contribution is -2.52. The number of nitrogens with one attached hydrogen (secondary N) is 1. The molecule has 0 saturated carbocycles. The second-order valence-electron chi connectivity index (χ2n) is 6.72. The van der Waals surface area contributed by atoms with Crippen LogP contribution in [-0.2, 0) is 19.1 Å². The zero-order valence-electron chi connectivity index (χ0n) is 16.6. The van der Waals surface area contributed by atoms with Gasteiger partial charge in [0.05, 0.1) is 24.8 Å². The summed E-state index contributed by atoms with van der Waals surface area (Å²) in [5.74, 6) is -0.677. The van der Waals surface area contributed by atoms with Gasteiger partial charge in [-0.3, -0.25) is 4.79 Å². The highest BCUT2D eigenvalue weighted by Crippen LogP contribution is 2.26. The smallest absolute Gasteiger partial charge is 0.333 e. The first-order valence-corrected chi connectivity index (χ1v) is 9.84. The van der Waals surface area contributed by atoms with E-state index in [0.29, 0.717) is 12.2 Å². The zero-order valence-corrected chi connectivity index (χ0v) is 16.6. The molecule has 0 unspecified atom stereocenters. The molecule has 0 aromatic rings. The summed E-state index contributed by atoms with van der Waals surface area (Å²) >= 11 is 0. The van der Waals surface area contributed by atoms with Crippen molar-refractivity contribution in [3.63, 3.8) is 0 Å². The Morgan fingerprint density at radius 1 is 1.26 bits per heavy atom. The fourth-order valence-electron chi connectivity index (χ4n) is 3.16. The molecule has 0 aromatic carbocycles. The summed E-state index contributed by atoms with van der Waals surface area (Å²) in [5.41, 5.74) is 9.29. The van der Waals surface area contributed by atoms with Gasteiger partial charge < -0.3 is 14.8 Å². The minimum atomic E-state index is -0.599. The predicted molar refractivity (Wildman–Crippen MR) is 103 cm³/mol. The van der Waals surface area contributed by atoms with E-state index in [0.717, 1.165) is 12.8 Å². The topological polar surface area (TPSA) is 113 Å². The molecule has 0 spiro atoms. The molecule has 0 bridgehead atoms. The molecule has 8 nitrogen and oxygen atoms in total. The molecule has 1 aliphatic rings. The normalized spacial score (nSPS) is 21.7. The van der Waals surface area contributed by atoms with Crippen LogP contribution in [0.15, 0.2) is 16.8 Å². The molecule has 3 atom stereocenters. The van der Waals surface area contributed by atoms with Gasteiger partial charge in [0, 0.05) is 24.0 Å². The summed E-state index contributed by atoms with van der Waals surface area (Å²) in [6, 6.07) is -1.10. The lowest BCUT2D eigenvalue weighted by Gasteiger charge is -2.34. The number of rotatable bonds is 12. The first-order chi connectivity index (χ1) is 13.0. The standard InChI is InChI=1S/C19H32N4O4/c1-4-6-7-8-9-10-11-27-17-13-15(19(25)26-5-2)12-16(22-23-20)18(17)21-14(3)24/h13,16-18H,4-12H2,1-3H3,(H,21,24)/t16-,17+,18+/m0/s1. The lowest BCUT2D eigenvalue weighted by molar-refractivity contribution is -0.139. The van der Waals surface area contributed by atoms with Crippen molar-refractivity contribution in [3.8, 4) is 0 Å². The quantitative estimate of drug-likeness (QED) is 0.182. The molecular weight excluding hydrogens is 348 g/mol. The van der Waals surface area contributed by atoms with Crippen LogP contribution in [0, 0.1) is 0 Å². The van der Waals surface area contributed by atoms with Crippen LogP contribution in [-0.4, -0.2) is 43.3 Å². The predicted octanol–water partition coefficient (Wildman–Crippen LogP) is 3.81. The second kappa shape index (κ2) is 13.2. The largest absolute Gasteiger partial charge is 0.463 e. The van der Waals surface area contributed by atoms with Crippen molar-refractivity contribution in [1.82, 2.24) is 5.32 Å². The van der Waals surface area contributed by atoms with Gasteiger partial charge >= 0.3 is 5.97 Å². The average molecular weight is 380 g/mol. The number of nitrogens with zero attached hydrogens (tertiary/aromatic N) is 3. The number of azide groups is 1. The van der Waals surface area contributed by atoms with Gasteiger partial charge in [-0.15, -0.1) is 0 Å².